The number of benzene rings is 1. The van der Waals surface area contributed by atoms with Gasteiger partial charge in [-0.15, -0.1) is 0 Å². The molecule has 0 aliphatic carbocycles. The fraction of sp³-hybridized carbons (Fsp3) is 0.385. The summed E-state index contributed by atoms with van der Waals surface area (Å²) >= 11 is 0. The van der Waals surface area contributed by atoms with Gasteiger partial charge in [0.25, 0.3) is 5.56 Å². The number of nitrogens with zero attached hydrogens (tertiary/aromatic N) is 5. The summed E-state index contributed by atoms with van der Waals surface area (Å²) in [5.41, 5.74) is -1.37. The molecule has 4 aromatic rings. The predicted octanol–water partition coefficient (Wildman–Crippen LogP) is 5.01. The standard InChI is InChI=1S/C26H26F5N7O/c1-24(2,28)20-18(27)7-8-19(35-20)38-21-16(22(39)37(38)13-26(29,30)31)12-32-23(36-21)34-15-5-6-17-14(11-15)9-10-33-25(17,3)4/h5-8,11-12,33H,9-10,13H2,1-4H3,(H,32,34,36). The second-order valence-electron chi connectivity index (χ2n) is 10.5. The van der Waals surface area contributed by atoms with E-state index >= 15 is 0 Å². The third-order valence-electron chi connectivity index (χ3n) is 6.61. The number of hydrogen-bond acceptors (Lipinski definition) is 6. The Morgan fingerprint density at radius 2 is 1.85 bits per heavy atom. The number of pyridine rings is 1. The Morgan fingerprint density at radius 1 is 1.10 bits per heavy atom. The van der Waals surface area contributed by atoms with Gasteiger partial charge < -0.3 is 10.6 Å². The van der Waals surface area contributed by atoms with Crippen molar-refractivity contribution in [2.45, 2.75) is 58.0 Å². The third-order valence-corrected chi connectivity index (χ3v) is 6.61. The monoisotopic (exact) mass is 547 g/mol. The Morgan fingerprint density at radius 3 is 2.54 bits per heavy atom. The molecule has 0 bridgehead atoms. The van der Waals surface area contributed by atoms with Crippen LogP contribution in [0.15, 0.2) is 41.3 Å². The number of alkyl halides is 4. The molecule has 39 heavy (non-hydrogen) atoms. The van der Waals surface area contributed by atoms with Crippen LogP contribution in [0.3, 0.4) is 0 Å². The highest BCUT2D eigenvalue weighted by molar-refractivity contribution is 5.77. The summed E-state index contributed by atoms with van der Waals surface area (Å²) in [7, 11) is 0. The molecular weight excluding hydrogens is 521 g/mol. The molecule has 1 aliphatic rings. The van der Waals surface area contributed by atoms with Crippen LogP contribution in [0.4, 0.5) is 33.6 Å². The maximum atomic E-state index is 14.6. The maximum Gasteiger partial charge on any atom is 0.408 e. The summed E-state index contributed by atoms with van der Waals surface area (Å²) < 4.78 is 70.6. The van der Waals surface area contributed by atoms with E-state index in [1.807, 2.05) is 18.2 Å². The number of rotatable bonds is 5. The Bertz CT molecular complexity index is 1630. The zero-order valence-corrected chi connectivity index (χ0v) is 21.6. The zero-order chi connectivity index (χ0) is 28.3. The third kappa shape index (κ3) is 5.10. The van der Waals surface area contributed by atoms with Crippen molar-refractivity contribution in [3.63, 3.8) is 0 Å². The topological polar surface area (TPSA) is 89.7 Å². The van der Waals surface area contributed by atoms with Crippen LogP contribution in [0.2, 0.25) is 0 Å². The number of fused-ring (bicyclic) bond motifs is 2. The molecule has 2 N–H and O–H groups in total. The van der Waals surface area contributed by atoms with E-state index < -0.39 is 35.5 Å². The average molecular weight is 548 g/mol. The molecule has 206 valence electrons. The molecule has 8 nitrogen and oxygen atoms in total. The minimum absolute atomic E-state index is 0.0155. The second-order valence-corrected chi connectivity index (χ2v) is 10.5. The summed E-state index contributed by atoms with van der Waals surface area (Å²) in [4.78, 5) is 25.4. The van der Waals surface area contributed by atoms with Crippen molar-refractivity contribution in [2.24, 2.45) is 0 Å². The van der Waals surface area contributed by atoms with Crippen LogP contribution in [0.25, 0.3) is 16.9 Å². The lowest BCUT2D eigenvalue weighted by molar-refractivity contribution is -0.144. The van der Waals surface area contributed by atoms with Crippen molar-refractivity contribution < 1.29 is 22.0 Å². The summed E-state index contributed by atoms with van der Waals surface area (Å²) in [6.07, 6.45) is -2.86. The first-order valence-electron chi connectivity index (χ1n) is 12.2. The van der Waals surface area contributed by atoms with Crippen LogP contribution in [0.1, 0.15) is 44.5 Å². The van der Waals surface area contributed by atoms with Crippen LogP contribution >= 0.6 is 0 Å². The Balaban J connectivity index is 1.64. The van der Waals surface area contributed by atoms with E-state index in [9.17, 15) is 26.7 Å². The molecular formula is C26H26F5N7O. The summed E-state index contributed by atoms with van der Waals surface area (Å²) in [5, 5.41) is 6.28. The van der Waals surface area contributed by atoms with Crippen molar-refractivity contribution >= 4 is 22.7 Å². The highest BCUT2D eigenvalue weighted by Gasteiger charge is 2.33. The van der Waals surface area contributed by atoms with Gasteiger partial charge in [-0.25, -0.2) is 28.1 Å². The highest BCUT2D eigenvalue weighted by atomic mass is 19.4. The molecule has 0 saturated heterocycles. The zero-order valence-electron chi connectivity index (χ0n) is 21.6. The van der Waals surface area contributed by atoms with Gasteiger partial charge in [0.05, 0.1) is 0 Å². The summed E-state index contributed by atoms with van der Waals surface area (Å²) in [6, 6.07) is 7.70. The predicted molar refractivity (Wildman–Crippen MR) is 136 cm³/mol. The molecule has 1 aromatic carbocycles. The van der Waals surface area contributed by atoms with Gasteiger partial charge in [-0.05, 0) is 76.1 Å². The van der Waals surface area contributed by atoms with Crippen LogP contribution in [0, 0.1) is 5.82 Å². The molecule has 0 radical (unpaired) electrons. The lowest BCUT2D eigenvalue weighted by Crippen LogP contribution is -2.42. The fourth-order valence-electron chi connectivity index (χ4n) is 4.82. The van der Waals surface area contributed by atoms with Gasteiger partial charge in [0.15, 0.2) is 11.5 Å². The largest absolute Gasteiger partial charge is 0.408 e. The SMILES string of the molecule is CC(C)(F)c1nc(-n2c3nc(Nc4ccc5c(c4)CCNC5(C)C)ncc3c(=O)n2CC(F)(F)F)ccc1F. The van der Waals surface area contributed by atoms with Gasteiger partial charge in [0.1, 0.15) is 29.1 Å². The number of aromatic nitrogens is 5. The van der Waals surface area contributed by atoms with Gasteiger partial charge in [0.2, 0.25) is 5.95 Å². The molecule has 0 amide bonds. The van der Waals surface area contributed by atoms with Crippen molar-refractivity contribution in [2.75, 3.05) is 11.9 Å². The minimum atomic E-state index is -4.78. The van der Waals surface area contributed by atoms with E-state index in [2.05, 4.69) is 39.4 Å². The molecule has 0 unspecified atom stereocenters. The number of anilines is 2. The van der Waals surface area contributed by atoms with Crippen molar-refractivity contribution in [3.05, 3.63) is 69.5 Å². The van der Waals surface area contributed by atoms with Crippen LogP contribution in [0.5, 0.6) is 0 Å². The Hall–Kier alpha value is -3.87. The lowest BCUT2D eigenvalue weighted by Gasteiger charge is -2.34. The van der Waals surface area contributed by atoms with Gasteiger partial charge in [-0.2, -0.15) is 18.2 Å². The Kier molecular flexibility index (Phi) is 6.24. The number of hydrogen-bond donors (Lipinski definition) is 2. The van der Waals surface area contributed by atoms with Crippen molar-refractivity contribution in [3.8, 4) is 5.82 Å². The first kappa shape index (κ1) is 26.7. The van der Waals surface area contributed by atoms with E-state index in [1.165, 1.54) is 0 Å². The van der Waals surface area contributed by atoms with Gasteiger partial charge >= 0.3 is 6.18 Å². The van der Waals surface area contributed by atoms with Gasteiger partial charge in [-0.3, -0.25) is 4.79 Å². The summed E-state index contributed by atoms with van der Waals surface area (Å²) in [6.45, 7) is 5.43. The number of nitrogens with one attached hydrogen (secondary N) is 2. The average Bonchev–Trinajstić information content (AvgIpc) is 3.08. The molecule has 4 heterocycles. The van der Waals surface area contributed by atoms with Crippen LogP contribution in [-0.2, 0) is 24.2 Å². The molecule has 0 saturated carbocycles. The molecule has 1 aliphatic heterocycles. The smallest absolute Gasteiger partial charge is 0.324 e. The van der Waals surface area contributed by atoms with Crippen molar-refractivity contribution in [1.82, 2.24) is 29.6 Å². The molecule has 0 spiro atoms. The Labute approximate surface area is 219 Å². The molecule has 13 heteroatoms. The lowest BCUT2D eigenvalue weighted by atomic mass is 9.85. The molecule has 3 aromatic heterocycles. The molecule has 0 fully saturated rings. The minimum Gasteiger partial charge on any atom is -0.324 e. The normalized spacial score (nSPS) is 15.4. The summed E-state index contributed by atoms with van der Waals surface area (Å²) in [5.74, 6) is -1.27. The van der Waals surface area contributed by atoms with E-state index in [0.29, 0.717) is 10.4 Å². The van der Waals surface area contributed by atoms with Gasteiger partial charge in [0, 0.05) is 17.4 Å². The van der Waals surface area contributed by atoms with E-state index in [1.54, 1.807) is 0 Å². The first-order chi connectivity index (χ1) is 18.1. The quantitative estimate of drug-likeness (QED) is 0.342. The highest BCUT2D eigenvalue weighted by Crippen LogP contribution is 2.31. The maximum absolute atomic E-state index is 14.6. The van der Waals surface area contributed by atoms with E-state index in [0.717, 1.165) is 61.0 Å². The molecule has 0 atom stereocenters. The fourth-order valence-corrected chi connectivity index (χ4v) is 4.82. The second kappa shape index (κ2) is 9.11. The van der Waals surface area contributed by atoms with E-state index in [-0.39, 0.29) is 28.3 Å². The molecule has 5 rings (SSSR count). The van der Waals surface area contributed by atoms with Crippen molar-refractivity contribution in [1.29, 1.82) is 0 Å². The number of halogens is 5. The van der Waals surface area contributed by atoms with Crippen LogP contribution in [-0.4, -0.2) is 37.0 Å². The van der Waals surface area contributed by atoms with Gasteiger partial charge in [-0.1, -0.05) is 6.07 Å². The first-order valence-corrected chi connectivity index (χ1v) is 12.2. The van der Waals surface area contributed by atoms with E-state index in [4.69, 9.17) is 0 Å². The van der Waals surface area contributed by atoms with Crippen LogP contribution < -0.4 is 16.2 Å².